The summed E-state index contributed by atoms with van der Waals surface area (Å²) in [4.78, 5) is 10.9. The normalized spacial score (nSPS) is 12.0. The van der Waals surface area contributed by atoms with Gasteiger partial charge in [0, 0.05) is 18.0 Å². The molecule has 3 aromatic rings. The second-order valence-corrected chi connectivity index (χ2v) is 7.94. The molecule has 1 N–H and O–H groups in total. The van der Waals surface area contributed by atoms with Gasteiger partial charge in [0.15, 0.2) is 11.6 Å². The molecule has 0 spiro atoms. The van der Waals surface area contributed by atoms with Crippen LogP contribution in [0.25, 0.3) is 17.0 Å². The van der Waals surface area contributed by atoms with Crippen LogP contribution in [0.1, 0.15) is 17.5 Å². The lowest BCUT2D eigenvalue weighted by Crippen LogP contribution is -2.07. The van der Waals surface area contributed by atoms with Crippen molar-refractivity contribution in [3.8, 4) is 5.75 Å². The number of aromatic nitrogens is 1. The van der Waals surface area contributed by atoms with Crippen molar-refractivity contribution in [2.45, 2.75) is 12.8 Å². The van der Waals surface area contributed by atoms with Gasteiger partial charge in [-0.05, 0) is 54.0 Å². The van der Waals surface area contributed by atoms with Crippen LogP contribution in [0, 0.1) is 11.6 Å². The van der Waals surface area contributed by atoms with Gasteiger partial charge in [-0.25, -0.2) is 21.2 Å². The zero-order valence-electron chi connectivity index (χ0n) is 15.3. The number of aliphatic carboxylic acids is 1. The quantitative estimate of drug-likeness (QED) is 0.627. The van der Waals surface area contributed by atoms with Gasteiger partial charge in [0.25, 0.3) is 10.0 Å². The van der Waals surface area contributed by atoms with Crippen molar-refractivity contribution in [3.63, 3.8) is 0 Å². The predicted molar refractivity (Wildman–Crippen MR) is 104 cm³/mol. The molecule has 152 valence electrons. The molecule has 0 saturated heterocycles. The molecule has 0 saturated carbocycles. The number of carbonyl (C=O) groups is 1. The van der Waals surface area contributed by atoms with Crippen LogP contribution >= 0.6 is 0 Å². The number of nitrogens with zero attached hydrogens (tertiary/aromatic N) is 1. The third-order valence-corrected chi connectivity index (χ3v) is 5.65. The number of methoxy groups -OCH3 is 1. The molecule has 0 atom stereocenters. The minimum atomic E-state index is -4.01. The first-order valence-electron chi connectivity index (χ1n) is 8.50. The third-order valence-electron chi connectivity index (χ3n) is 4.32. The van der Waals surface area contributed by atoms with E-state index in [0.717, 1.165) is 27.6 Å². The fourth-order valence-corrected chi connectivity index (χ4v) is 4.04. The molecule has 6 nitrogen and oxygen atoms in total. The Morgan fingerprint density at radius 1 is 1.17 bits per heavy atom. The van der Waals surface area contributed by atoms with Gasteiger partial charge < -0.3 is 9.84 Å². The summed E-state index contributed by atoms with van der Waals surface area (Å²) in [5, 5.41) is 10.4. The summed E-state index contributed by atoms with van der Waals surface area (Å²) < 4.78 is 58.2. The van der Waals surface area contributed by atoms with E-state index < -0.39 is 27.6 Å². The topological polar surface area (TPSA) is 85.6 Å². The Labute approximate surface area is 165 Å². The van der Waals surface area contributed by atoms with Crippen molar-refractivity contribution < 1.29 is 31.8 Å². The number of ether oxygens (including phenoxy) is 1. The van der Waals surface area contributed by atoms with Crippen molar-refractivity contribution in [2.24, 2.45) is 0 Å². The second kappa shape index (κ2) is 8.04. The van der Waals surface area contributed by atoms with Crippen LogP contribution in [0.2, 0.25) is 0 Å². The number of carboxylic acids is 1. The highest BCUT2D eigenvalue weighted by atomic mass is 32.2. The minimum absolute atomic E-state index is 0.133. The summed E-state index contributed by atoms with van der Waals surface area (Å²) >= 11 is 0. The van der Waals surface area contributed by atoms with Crippen molar-refractivity contribution in [3.05, 3.63) is 70.8 Å². The molecule has 2 aromatic carbocycles. The van der Waals surface area contributed by atoms with E-state index in [4.69, 9.17) is 9.84 Å². The number of benzene rings is 2. The lowest BCUT2D eigenvalue weighted by atomic mass is 10.1. The highest BCUT2D eigenvalue weighted by Crippen LogP contribution is 2.28. The molecule has 29 heavy (non-hydrogen) atoms. The first kappa shape index (κ1) is 20.5. The molecule has 0 unspecified atom stereocenters. The summed E-state index contributed by atoms with van der Waals surface area (Å²) in [6.07, 6.45) is 2.48. The molecule has 0 aliphatic heterocycles. The minimum Gasteiger partial charge on any atom is -0.497 e. The van der Waals surface area contributed by atoms with Gasteiger partial charge in [0.05, 0.1) is 18.0 Å². The molecule has 9 heteroatoms. The van der Waals surface area contributed by atoms with Gasteiger partial charge >= 0.3 is 5.97 Å². The van der Waals surface area contributed by atoms with E-state index in [9.17, 15) is 22.0 Å². The molecule has 0 bridgehead atoms. The number of halogens is 2. The van der Waals surface area contributed by atoms with E-state index in [2.05, 4.69) is 0 Å². The van der Waals surface area contributed by atoms with Gasteiger partial charge in [-0.15, -0.1) is 0 Å². The van der Waals surface area contributed by atoms with Crippen molar-refractivity contribution in [1.82, 2.24) is 3.97 Å². The zero-order chi connectivity index (χ0) is 21.2. The summed E-state index contributed by atoms with van der Waals surface area (Å²) in [7, 11) is -2.55. The maximum absolute atomic E-state index is 13.3. The molecule has 3 rings (SSSR count). The first-order valence-corrected chi connectivity index (χ1v) is 10.00. The number of carboxylic acid groups (broad SMARTS) is 1. The Morgan fingerprint density at radius 3 is 2.59 bits per heavy atom. The van der Waals surface area contributed by atoms with E-state index in [-0.39, 0.29) is 18.4 Å². The first-order chi connectivity index (χ1) is 13.7. The molecule has 0 aliphatic carbocycles. The Kier molecular flexibility index (Phi) is 5.69. The van der Waals surface area contributed by atoms with Crippen LogP contribution in [0.3, 0.4) is 0 Å². The Morgan fingerprint density at radius 2 is 1.93 bits per heavy atom. The molecule has 0 fully saturated rings. The number of rotatable bonds is 7. The summed E-state index contributed by atoms with van der Waals surface area (Å²) in [6, 6.07) is 7.83. The van der Waals surface area contributed by atoms with Crippen LogP contribution in [0.4, 0.5) is 8.78 Å². The monoisotopic (exact) mass is 421 g/mol. The second-order valence-electron chi connectivity index (χ2n) is 6.25. The van der Waals surface area contributed by atoms with Gasteiger partial charge in [-0.1, -0.05) is 6.07 Å². The Balaban J connectivity index is 2.05. The SMILES string of the molecule is COc1ccc2c(c1)c(CCC(=O)O)cn2S(=O)(=O)/C=C/c1ccc(F)c(F)c1. The fourth-order valence-electron chi connectivity index (χ4n) is 2.87. The van der Waals surface area contributed by atoms with Crippen LogP contribution in [-0.4, -0.2) is 30.6 Å². The largest absolute Gasteiger partial charge is 0.497 e. The Hall–Kier alpha value is -3.20. The van der Waals surface area contributed by atoms with Gasteiger partial charge in [0.2, 0.25) is 0 Å². The van der Waals surface area contributed by atoms with E-state index in [1.165, 1.54) is 19.4 Å². The predicted octanol–water partition coefficient (Wildman–Crippen LogP) is 3.79. The number of hydrogen-bond acceptors (Lipinski definition) is 4. The molecule has 0 radical (unpaired) electrons. The fraction of sp³-hybridized carbons (Fsp3) is 0.150. The molecular weight excluding hydrogens is 404 g/mol. The van der Waals surface area contributed by atoms with E-state index in [1.54, 1.807) is 18.2 Å². The summed E-state index contributed by atoms with van der Waals surface area (Å²) in [5.74, 6) is -2.62. The average Bonchev–Trinajstić information content (AvgIpc) is 3.06. The summed E-state index contributed by atoms with van der Waals surface area (Å²) in [5.41, 5.74) is 1.06. The van der Waals surface area contributed by atoms with Crippen molar-refractivity contribution in [1.29, 1.82) is 0 Å². The zero-order valence-corrected chi connectivity index (χ0v) is 16.1. The van der Waals surface area contributed by atoms with Gasteiger partial charge in [-0.2, -0.15) is 0 Å². The van der Waals surface area contributed by atoms with E-state index in [1.807, 2.05) is 0 Å². The maximum atomic E-state index is 13.3. The Bertz CT molecular complexity index is 1220. The number of fused-ring (bicyclic) bond motifs is 1. The highest BCUT2D eigenvalue weighted by Gasteiger charge is 2.18. The lowest BCUT2D eigenvalue weighted by Gasteiger charge is -2.04. The smallest absolute Gasteiger partial charge is 0.303 e. The standard InChI is InChI=1S/C20H17F2NO5S/c1-28-15-4-6-19-16(11-15)14(3-7-20(24)25)12-23(19)29(26,27)9-8-13-2-5-17(21)18(22)10-13/h2,4-6,8-12H,3,7H2,1H3,(H,24,25)/b9-8+. The lowest BCUT2D eigenvalue weighted by molar-refractivity contribution is -0.136. The van der Waals surface area contributed by atoms with Crippen molar-refractivity contribution >= 4 is 33.0 Å². The van der Waals surface area contributed by atoms with Gasteiger partial charge in [-0.3, -0.25) is 4.79 Å². The van der Waals surface area contributed by atoms with E-state index in [0.29, 0.717) is 22.2 Å². The van der Waals surface area contributed by atoms with Crippen LogP contribution in [0.5, 0.6) is 5.75 Å². The average molecular weight is 421 g/mol. The highest BCUT2D eigenvalue weighted by molar-refractivity contribution is 7.93. The number of hydrogen-bond donors (Lipinski definition) is 1. The van der Waals surface area contributed by atoms with Crippen LogP contribution < -0.4 is 4.74 Å². The molecular formula is C20H17F2NO5S. The maximum Gasteiger partial charge on any atom is 0.303 e. The molecule has 0 amide bonds. The van der Waals surface area contributed by atoms with Gasteiger partial charge in [0.1, 0.15) is 5.75 Å². The molecule has 1 heterocycles. The van der Waals surface area contributed by atoms with E-state index >= 15 is 0 Å². The van der Waals surface area contributed by atoms with Crippen LogP contribution in [0.15, 0.2) is 48.0 Å². The number of aryl methyl sites for hydroxylation is 1. The van der Waals surface area contributed by atoms with Crippen LogP contribution in [-0.2, 0) is 21.2 Å². The molecule has 0 aliphatic rings. The summed E-state index contributed by atoms with van der Waals surface area (Å²) in [6.45, 7) is 0. The van der Waals surface area contributed by atoms with Crippen molar-refractivity contribution in [2.75, 3.05) is 7.11 Å². The third kappa shape index (κ3) is 4.45. The molecule has 1 aromatic heterocycles.